The smallest absolute Gasteiger partial charge is 0.295 e. The summed E-state index contributed by atoms with van der Waals surface area (Å²) in [6.45, 7) is 2.21. The number of amides is 1. The van der Waals surface area contributed by atoms with E-state index in [0.29, 0.717) is 42.9 Å². The highest BCUT2D eigenvalue weighted by Gasteiger charge is 2.27. The average molecular weight is 449 g/mol. The van der Waals surface area contributed by atoms with Gasteiger partial charge in [0.25, 0.3) is 12.3 Å². The van der Waals surface area contributed by atoms with Crippen LogP contribution in [-0.2, 0) is 10.0 Å². The lowest BCUT2D eigenvalue weighted by Gasteiger charge is -2.31. The Morgan fingerprint density at radius 1 is 1.10 bits per heavy atom. The maximum Gasteiger partial charge on any atom is 0.295 e. The number of aromatic amines is 1. The van der Waals surface area contributed by atoms with Crippen LogP contribution in [0, 0.1) is 0 Å². The molecule has 4 rings (SSSR count). The van der Waals surface area contributed by atoms with Gasteiger partial charge in [-0.05, 0) is 49.5 Å². The summed E-state index contributed by atoms with van der Waals surface area (Å²) in [5.41, 5.74) is 1.34. The number of hydrogen-bond donors (Lipinski definition) is 2. The first-order valence-corrected chi connectivity index (χ1v) is 11.1. The van der Waals surface area contributed by atoms with Crippen LogP contribution in [-0.4, -0.2) is 66.7 Å². The van der Waals surface area contributed by atoms with Gasteiger partial charge in [0.2, 0.25) is 10.0 Å². The lowest BCUT2D eigenvalue weighted by Crippen LogP contribution is -2.46. The number of H-pyrrole nitrogens is 1. The van der Waals surface area contributed by atoms with Crippen LogP contribution in [0.5, 0.6) is 0 Å². The fourth-order valence-corrected chi connectivity index (χ4v) is 4.79. The number of nitrogens with one attached hydrogen (secondary N) is 2. The second kappa shape index (κ2) is 8.33. The molecule has 0 bridgehead atoms. The summed E-state index contributed by atoms with van der Waals surface area (Å²) in [7, 11) is -1.64. The second-order valence-electron chi connectivity index (χ2n) is 7.34. The van der Waals surface area contributed by atoms with E-state index in [9.17, 15) is 22.0 Å². The zero-order chi connectivity index (χ0) is 22.2. The number of halogens is 2. The minimum absolute atomic E-state index is 0.161. The first-order chi connectivity index (χ1) is 14.7. The molecule has 31 heavy (non-hydrogen) atoms. The van der Waals surface area contributed by atoms with Gasteiger partial charge in [0.05, 0.1) is 15.9 Å². The molecule has 1 aliphatic rings. The summed E-state index contributed by atoms with van der Waals surface area (Å²) < 4.78 is 52.6. The van der Waals surface area contributed by atoms with Crippen molar-refractivity contribution in [2.75, 3.05) is 38.5 Å². The highest BCUT2D eigenvalue weighted by Crippen LogP contribution is 2.22. The first-order valence-electron chi connectivity index (χ1n) is 9.62. The highest BCUT2D eigenvalue weighted by molar-refractivity contribution is 7.89. The molecule has 0 aliphatic carbocycles. The van der Waals surface area contributed by atoms with E-state index >= 15 is 0 Å². The van der Waals surface area contributed by atoms with Crippen molar-refractivity contribution in [2.24, 2.45) is 0 Å². The standard InChI is InChI=1S/C20H21F2N5O3S/c1-26-8-10-27(11-9-26)31(29,30)15-5-3-14(4-6-15)23-20(28)13-2-7-16-17(12-13)25-19(24-16)18(21)22/h2-7,12,18H,8-11H2,1H3,(H,23,28)(H,24,25). The Hall–Kier alpha value is -2.89. The van der Waals surface area contributed by atoms with Gasteiger partial charge in [0, 0.05) is 37.4 Å². The predicted molar refractivity (Wildman–Crippen MR) is 112 cm³/mol. The number of imidazole rings is 1. The van der Waals surface area contributed by atoms with E-state index < -0.39 is 28.2 Å². The normalized spacial score (nSPS) is 16.1. The van der Waals surface area contributed by atoms with Crippen LogP contribution in [0.3, 0.4) is 0 Å². The molecular formula is C20H21F2N5O3S. The summed E-state index contributed by atoms with van der Waals surface area (Å²) >= 11 is 0. The van der Waals surface area contributed by atoms with Crippen molar-refractivity contribution in [3.63, 3.8) is 0 Å². The maximum absolute atomic E-state index is 12.8. The Morgan fingerprint density at radius 3 is 2.42 bits per heavy atom. The zero-order valence-electron chi connectivity index (χ0n) is 16.7. The molecule has 0 saturated carbocycles. The Balaban J connectivity index is 1.47. The third-order valence-electron chi connectivity index (χ3n) is 5.18. The van der Waals surface area contributed by atoms with Gasteiger partial charge in [-0.2, -0.15) is 4.31 Å². The van der Waals surface area contributed by atoms with Crippen molar-refractivity contribution < 1.29 is 22.0 Å². The molecule has 164 valence electrons. The van der Waals surface area contributed by atoms with Gasteiger partial charge in [-0.25, -0.2) is 22.2 Å². The van der Waals surface area contributed by atoms with Crippen molar-refractivity contribution in [3.05, 3.63) is 53.9 Å². The monoisotopic (exact) mass is 449 g/mol. The largest absolute Gasteiger partial charge is 0.337 e. The van der Waals surface area contributed by atoms with Gasteiger partial charge in [-0.15, -0.1) is 0 Å². The van der Waals surface area contributed by atoms with E-state index in [1.54, 1.807) is 0 Å². The Morgan fingerprint density at radius 2 is 1.77 bits per heavy atom. The van der Waals surface area contributed by atoms with E-state index in [2.05, 4.69) is 20.2 Å². The van der Waals surface area contributed by atoms with Gasteiger partial charge < -0.3 is 15.2 Å². The second-order valence-corrected chi connectivity index (χ2v) is 9.28. The molecule has 11 heteroatoms. The molecule has 0 radical (unpaired) electrons. The number of aromatic nitrogens is 2. The van der Waals surface area contributed by atoms with Gasteiger partial charge >= 0.3 is 0 Å². The summed E-state index contributed by atoms with van der Waals surface area (Å²) in [6, 6.07) is 10.4. The van der Waals surface area contributed by atoms with Gasteiger partial charge in [-0.3, -0.25) is 4.79 Å². The molecule has 0 atom stereocenters. The van der Waals surface area contributed by atoms with Crippen LogP contribution in [0.1, 0.15) is 22.6 Å². The molecule has 3 aromatic rings. The van der Waals surface area contributed by atoms with E-state index in [4.69, 9.17) is 0 Å². The van der Waals surface area contributed by atoms with Gasteiger partial charge in [0.15, 0.2) is 5.82 Å². The van der Waals surface area contributed by atoms with E-state index in [-0.39, 0.29) is 10.5 Å². The van der Waals surface area contributed by atoms with Gasteiger partial charge in [-0.1, -0.05) is 0 Å². The number of anilines is 1. The number of hydrogen-bond acceptors (Lipinski definition) is 5. The number of fused-ring (bicyclic) bond motifs is 1. The number of benzene rings is 2. The molecule has 2 heterocycles. The molecule has 2 N–H and O–H groups in total. The molecule has 1 fully saturated rings. The fourth-order valence-electron chi connectivity index (χ4n) is 3.36. The average Bonchev–Trinajstić information content (AvgIpc) is 3.18. The number of likely N-dealkylation sites (N-methyl/N-ethyl adjacent to an activating group) is 1. The molecule has 0 spiro atoms. The Bertz CT molecular complexity index is 1200. The molecule has 2 aromatic carbocycles. The first kappa shape index (κ1) is 21.3. The molecule has 1 saturated heterocycles. The van der Waals surface area contributed by atoms with Crippen LogP contribution in [0.15, 0.2) is 47.4 Å². The lowest BCUT2D eigenvalue weighted by atomic mass is 10.2. The van der Waals surface area contributed by atoms with E-state index in [0.717, 1.165) is 0 Å². The zero-order valence-corrected chi connectivity index (χ0v) is 17.5. The maximum atomic E-state index is 12.8. The van der Waals surface area contributed by atoms with Crippen LogP contribution in [0.2, 0.25) is 0 Å². The van der Waals surface area contributed by atoms with Crippen molar-refractivity contribution in [1.82, 2.24) is 19.2 Å². The van der Waals surface area contributed by atoms with E-state index in [1.807, 2.05) is 7.05 Å². The quantitative estimate of drug-likeness (QED) is 0.624. The SMILES string of the molecule is CN1CCN(S(=O)(=O)c2ccc(NC(=O)c3ccc4nc(C(F)F)[nH]c4c3)cc2)CC1. The highest BCUT2D eigenvalue weighted by atomic mass is 32.2. The number of carbonyl (C=O) groups is 1. The topological polar surface area (TPSA) is 98.4 Å². The molecular weight excluding hydrogens is 428 g/mol. The van der Waals surface area contributed by atoms with Crippen molar-refractivity contribution in [3.8, 4) is 0 Å². The fraction of sp³-hybridized carbons (Fsp3) is 0.300. The molecule has 0 unspecified atom stereocenters. The van der Waals surface area contributed by atoms with Gasteiger partial charge in [0.1, 0.15) is 0 Å². The molecule has 1 amide bonds. The Kier molecular flexibility index (Phi) is 5.73. The predicted octanol–water partition coefficient (Wildman–Crippen LogP) is 2.69. The van der Waals surface area contributed by atoms with Crippen molar-refractivity contribution in [1.29, 1.82) is 0 Å². The molecule has 1 aromatic heterocycles. The summed E-state index contributed by atoms with van der Waals surface area (Å²) in [6.07, 6.45) is -2.73. The number of nitrogens with zero attached hydrogens (tertiary/aromatic N) is 3. The van der Waals surface area contributed by atoms with Crippen LogP contribution < -0.4 is 5.32 Å². The van der Waals surface area contributed by atoms with Crippen LogP contribution >= 0.6 is 0 Å². The Labute approximate surface area is 177 Å². The minimum Gasteiger partial charge on any atom is -0.337 e. The minimum atomic E-state index is -3.59. The van der Waals surface area contributed by atoms with Crippen LogP contribution in [0.4, 0.5) is 14.5 Å². The van der Waals surface area contributed by atoms with E-state index in [1.165, 1.54) is 46.8 Å². The molecule has 8 nitrogen and oxygen atoms in total. The number of alkyl halides is 2. The third-order valence-corrected chi connectivity index (χ3v) is 7.09. The summed E-state index contributed by atoms with van der Waals surface area (Å²) in [5, 5.41) is 2.68. The molecule has 1 aliphatic heterocycles. The third kappa shape index (κ3) is 4.43. The summed E-state index contributed by atoms with van der Waals surface area (Å²) in [4.78, 5) is 21.0. The summed E-state index contributed by atoms with van der Waals surface area (Å²) in [5.74, 6) is -0.908. The van der Waals surface area contributed by atoms with Crippen molar-refractivity contribution >= 4 is 32.7 Å². The number of carbonyl (C=O) groups excluding carboxylic acids is 1. The number of piperazine rings is 1. The number of rotatable bonds is 5. The lowest BCUT2D eigenvalue weighted by molar-refractivity contribution is 0.102. The van der Waals surface area contributed by atoms with Crippen molar-refractivity contribution in [2.45, 2.75) is 11.3 Å². The number of sulfonamides is 1. The van der Waals surface area contributed by atoms with Crippen LogP contribution in [0.25, 0.3) is 11.0 Å².